The van der Waals surface area contributed by atoms with Gasteiger partial charge in [0.05, 0.1) is 6.04 Å². The third-order valence-corrected chi connectivity index (χ3v) is 5.40. The molecule has 2 aromatic rings. The highest BCUT2D eigenvalue weighted by Gasteiger charge is 2.27. The number of urea groups is 1. The van der Waals surface area contributed by atoms with Crippen molar-refractivity contribution >= 4 is 23.3 Å². The minimum Gasteiger partial charge on any atom is -0.368 e. The number of piperazine rings is 1. The van der Waals surface area contributed by atoms with Gasteiger partial charge in [0.15, 0.2) is 0 Å². The highest BCUT2D eigenvalue weighted by Crippen LogP contribution is 2.33. The van der Waals surface area contributed by atoms with Gasteiger partial charge in [-0.1, -0.05) is 35.9 Å². The fraction of sp³-hybridized carbons (Fsp3) is 0.350. The van der Waals surface area contributed by atoms with Crippen LogP contribution in [0.25, 0.3) is 0 Å². The molecule has 1 aliphatic heterocycles. The average molecular weight is 356 g/mol. The molecule has 1 N–H and O–H groups in total. The van der Waals surface area contributed by atoms with Crippen molar-refractivity contribution in [3.05, 3.63) is 64.7 Å². The number of rotatable bonds is 2. The Morgan fingerprint density at radius 3 is 2.56 bits per heavy atom. The molecule has 1 fully saturated rings. The standard InChI is InChI=1S/C20H22ClN3O/c21-16-7-8-18-15(14-16)6-9-19(18)22-20(25)24-12-10-23(11-13-24)17-4-2-1-3-5-17/h1-5,7-8,14,19H,6,9-13H2,(H,22,25). The summed E-state index contributed by atoms with van der Waals surface area (Å²) in [6, 6.07) is 16.5. The maximum atomic E-state index is 12.6. The molecule has 0 spiro atoms. The zero-order valence-electron chi connectivity index (χ0n) is 14.1. The van der Waals surface area contributed by atoms with Crippen molar-refractivity contribution in [1.29, 1.82) is 0 Å². The van der Waals surface area contributed by atoms with Crippen LogP contribution in [0.2, 0.25) is 5.02 Å². The number of carbonyl (C=O) groups excluding carboxylic acids is 1. The number of anilines is 1. The first-order chi connectivity index (χ1) is 12.2. The summed E-state index contributed by atoms with van der Waals surface area (Å²) in [5.74, 6) is 0. The van der Waals surface area contributed by atoms with Gasteiger partial charge in [-0.25, -0.2) is 4.79 Å². The Labute approximate surface area is 153 Å². The van der Waals surface area contributed by atoms with Gasteiger partial charge < -0.3 is 15.1 Å². The van der Waals surface area contributed by atoms with Gasteiger partial charge in [0.1, 0.15) is 0 Å². The maximum Gasteiger partial charge on any atom is 0.318 e. The van der Waals surface area contributed by atoms with Crippen LogP contribution in [0.15, 0.2) is 48.5 Å². The van der Waals surface area contributed by atoms with Crippen molar-refractivity contribution in [2.24, 2.45) is 0 Å². The third-order valence-electron chi connectivity index (χ3n) is 5.17. The van der Waals surface area contributed by atoms with Crippen molar-refractivity contribution in [3.8, 4) is 0 Å². The van der Waals surface area contributed by atoms with Gasteiger partial charge in [-0.05, 0) is 48.2 Å². The van der Waals surface area contributed by atoms with E-state index in [0.717, 1.165) is 44.0 Å². The van der Waals surface area contributed by atoms with Crippen molar-refractivity contribution in [1.82, 2.24) is 10.2 Å². The molecule has 130 valence electrons. The van der Waals surface area contributed by atoms with E-state index in [9.17, 15) is 4.79 Å². The third kappa shape index (κ3) is 3.45. The van der Waals surface area contributed by atoms with Crippen LogP contribution in [-0.2, 0) is 6.42 Å². The molecule has 1 aliphatic carbocycles. The monoisotopic (exact) mass is 355 g/mol. The lowest BCUT2D eigenvalue weighted by molar-refractivity contribution is 0.190. The van der Waals surface area contributed by atoms with Crippen LogP contribution in [0.3, 0.4) is 0 Å². The van der Waals surface area contributed by atoms with E-state index < -0.39 is 0 Å². The number of para-hydroxylation sites is 1. The molecule has 1 unspecified atom stereocenters. The summed E-state index contributed by atoms with van der Waals surface area (Å²) in [6.45, 7) is 3.24. The molecular formula is C20H22ClN3O. The van der Waals surface area contributed by atoms with E-state index in [2.05, 4.69) is 34.5 Å². The lowest BCUT2D eigenvalue weighted by atomic mass is 10.1. The highest BCUT2D eigenvalue weighted by atomic mass is 35.5. The Bertz CT molecular complexity index is 757. The normalized spacial score (nSPS) is 19.6. The minimum atomic E-state index is 0.0421. The Morgan fingerprint density at radius 1 is 1.04 bits per heavy atom. The molecule has 4 rings (SSSR count). The fourth-order valence-corrected chi connectivity index (χ4v) is 3.98. The molecule has 0 saturated carbocycles. The van der Waals surface area contributed by atoms with Crippen LogP contribution in [0.4, 0.5) is 10.5 Å². The summed E-state index contributed by atoms with van der Waals surface area (Å²) in [7, 11) is 0. The Hall–Kier alpha value is -2.20. The second kappa shape index (κ2) is 6.96. The predicted octanol–water partition coefficient (Wildman–Crippen LogP) is 3.86. The van der Waals surface area contributed by atoms with E-state index in [1.54, 1.807) is 0 Å². The molecule has 1 saturated heterocycles. The quantitative estimate of drug-likeness (QED) is 0.887. The summed E-state index contributed by atoms with van der Waals surface area (Å²) in [5, 5.41) is 3.97. The summed E-state index contributed by atoms with van der Waals surface area (Å²) < 4.78 is 0. The molecule has 1 heterocycles. The Balaban J connectivity index is 1.35. The number of carbonyl (C=O) groups is 1. The van der Waals surface area contributed by atoms with E-state index in [-0.39, 0.29) is 12.1 Å². The van der Waals surface area contributed by atoms with E-state index in [0.29, 0.717) is 0 Å². The zero-order chi connectivity index (χ0) is 17.2. The fourth-order valence-electron chi connectivity index (χ4n) is 3.78. The van der Waals surface area contributed by atoms with Crippen molar-refractivity contribution < 1.29 is 4.79 Å². The summed E-state index contributed by atoms with van der Waals surface area (Å²) in [6.07, 6.45) is 1.92. The number of benzene rings is 2. The van der Waals surface area contributed by atoms with Crippen LogP contribution >= 0.6 is 11.6 Å². The van der Waals surface area contributed by atoms with Gasteiger partial charge in [-0.3, -0.25) is 0 Å². The molecule has 0 radical (unpaired) electrons. The van der Waals surface area contributed by atoms with E-state index in [1.165, 1.54) is 16.8 Å². The summed E-state index contributed by atoms with van der Waals surface area (Å²) in [4.78, 5) is 16.9. The molecule has 2 amide bonds. The smallest absolute Gasteiger partial charge is 0.318 e. The van der Waals surface area contributed by atoms with Crippen LogP contribution in [0, 0.1) is 0 Å². The van der Waals surface area contributed by atoms with Gasteiger partial charge in [-0.15, -0.1) is 0 Å². The molecule has 2 aromatic carbocycles. The van der Waals surface area contributed by atoms with Gasteiger partial charge in [0, 0.05) is 36.9 Å². The van der Waals surface area contributed by atoms with E-state index in [4.69, 9.17) is 11.6 Å². The number of aryl methyl sites for hydroxylation is 1. The van der Waals surface area contributed by atoms with Gasteiger partial charge >= 0.3 is 6.03 Å². The number of hydrogen-bond acceptors (Lipinski definition) is 2. The van der Waals surface area contributed by atoms with Crippen molar-refractivity contribution in [2.45, 2.75) is 18.9 Å². The van der Waals surface area contributed by atoms with Crippen LogP contribution < -0.4 is 10.2 Å². The molecule has 25 heavy (non-hydrogen) atoms. The molecule has 0 aromatic heterocycles. The lowest BCUT2D eigenvalue weighted by Gasteiger charge is -2.36. The first-order valence-corrected chi connectivity index (χ1v) is 9.22. The molecule has 0 bridgehead atoms. The topological polar surface area (TPSA) is 35.6 Å². The van der Waals surface area contributed by atoms with Gasteiger partial charge in [-0.2, -0.15) is 0 Å². The van der Waals surface area contributed by atoms with Crippen LogP contribution in [0.5, 0.6) is 0 Å². The number of hydrogen-bond donors (Lipinski definition) is 1. The molecule has 4 nitrogen and oxygen atoms in total. The minimum absolute atomic E-state index is 0.0421. The van der Waals surface area contributed by atoms with Crippen LogP contribution in [0.1, 0.15) is 23.6 Å². The second-order valence-electron chi connectivity index (χ2n) is 6.69. The SMILES string of the molecule is O=C(NC1CCc2cc(Cl)ccc21)N1CCN(c2ccccc2)CC1. The summed E-state index contributed by atoms with van der Waals surface area (Å²) in [5.41, 5.74) is 3.69. The number of nitrogens with one attached hydrogen (secondary N) is 1. The largest absolute Gasteiger partial charge is 0.368 e. The van der Waals surface area contributed by atoms with Crippen LogP contribution in [-0.4, -0.2) is 37.1 Å². The molecule has 1 atom stereocenters. The Morgan fingerprint density at radius 2 is 1.80 bits per heavy atom. The maximum absolute atomic E-state index is 12.6. The number of fused-ring (bicyclic) bond motifs is 1. The first-order valence-electron chi connectivity index (χ1n) is 8.84. The zero-order valence-corrected chi connectivity index (χ0v) is 14.9. The number of halogens is 1. The number of amides is 2. The molecule has 2 aliphatic rings. The second-order valence-corrected chi connectivity index (χ2v) is 7.13. The first kappa shape index (κ1) is 16.3. The summed E-state index contributed by atoms with van der Waals surface area (Å²) >= 11 is 6.06. The van der Waals surface area contributed by atoms with E-state index >= 15 is 0 Å². The average Bonchev–Trinajstić information content (AvgIpc) is 3.04. The Kier molecular flexibility index (Phi) is 4.53. The van der Waals surface area contributed by atoms with Crippen molar-refractivity contribution in [3.63, 3.8) is 0 Å². The van der Waals surface area contributed by atoms with Crippen molar-refractivity contribution in [2.75, 3.05) is 31.1 Å². The van der Waals surface area contributed by atoms with E-state index in [1.807, 2.05) is 29.2 Å². The lowest BCUT2D eigenvalue weighted by Crippen LogP contribution is -2.52. The molecular weight excluding hydrogens is 334 g/mol. The van der Waals surface area contributed by atoms with Gasteiger partial charge in [0.25, 0.3) is 0 Å². The molecule has 5 heteroatoms. The number of nitrogens with zero attached hydrogens (tertiary/aromatic N) is 2. The highest BCUT2D eigenvalue weighted by molar-refractivity contribution is 6.30. The van der Waals surface area contributed by atoms with Gasteiger partial charge in [0.2, 0.25) is 0 Å². The predicted molar refractivity (Wildman–Crippen MR) is 101 cm³/mol.